The highest BCUT2D eigenvalue weighted by molar-refractivity contribution is 5.73. The molecule has 1 aliphatic carbocycles. The van der Waals surface area contributed by atoms with Crippen LogP contribution >= 0.6 is 0 Å². The van der Waals surface area contributed by atoms with E-state index in [9.17, 15) is 18.0 Å². The monoisotopic (exact) mass is 436 g/mol. The molecular weight excluding hydrogens is 405 g/mol. The second-order valence-corrected chi connectivity index (χ2v) is 9.70. The summed E-state index contributed by atoms with van der Waals surface area (Å²) in [6.07, 6.45) is -0.925. The maximum absolute atomic E-state index is 13.1. The third kappa shape index (κ3) is 4.05. The van der Waals surface area contributed by atoms with Gasteiger partial charge in [0.15, 0.2) is 5.65 Å². The van der Waals surface area contributed by atoms with Crippen molar-refractivity contribution in [1.82, 2.24) is 19.5 Å². The minimum absolute atomic E-state index is 0.0293. The third-order valence-corrected chi connectivity index (χ3v) is 7.42. The van der Waals surface area contributed by atoms with E-state index in [1.165, 1.54) is 0 Å². The highest BCUT2D eigenvalue weighted by atomic mass is 19.4. The van der Waals surface area contributed by atoms with Gasteiger partial charge in [-0.05, 0) is 57.9 Å². The van der Waals surface area contributed by atoms with Gasteiger partial charge in [0.1, 0.15) is 0 Å². The second kappa shape index (κ2) is 7.78. The van der Waals surface area contributed by atoms with E-state index in [0.717, 1.165) is 47.7 Å². The van der Waals surface area contributed by atoms with Crippen molar-refractivity contribution in [1.29, 1.82) is 0 Å². The molecule has 0 spiro atoms. The Balaban J connectivity index is 1.70. The quantitative estimate of drug-likeness (QED) is 0.660. The van der Waals surface area contributed by atoms with Crippen LogP contribution in [0.4, 0.5) is 13.2 Å². The second-order valence-electron chi connectivity index (χ2n) is 9.70. The number of likely N-dealkylation sites (tertiary alicyclic amines) is 1. The summed E-state index contributed by atoms with van der Waals surface area (Å²) in [6, 6.07) is 1.95. The Kier molecular flexibility index (Phi) is 5.54. The van der Waals surface area contributed by atoms with Crippen molar-refractivity contribution in [3.63, 3.8) is 0 Å². The Morgan fingerprint density at radius 2 is 1.87 bits per heavy atom. The average molecular weight is 437 g/mol. The van der Waals surface area contributed by atoms with E-state index in [-0.39, 0.29) is 30.1 Å². The number of carbonyl (C=O) groups excluding carboxylic acids is 1. The van der Waals surface area contributed by atoms with Crippen molar-refractivity contribution in [2.45, 2.75) is 83.7 Å². The van der Waals surface area contributed by atoms with Gasteiger partial charge in [-0.15, -0.1) is 0 Å². The number of aromatic nitrogens is 3. The number of hydrogen-bond donors (Lipinski definition) is 0. The summed E-state index contributed by atoms with van der Waals surface area (Å²) in [5.74, 6) is -1.09. The number of aryl methyl sites for hydroxylation is 1. The van der Waals surface area contributed by atoms with E-state index in [4.69, 9.17) is 10.1 Å². The number of carbonyl (C=O) groups is 1. The predicted octanol–water partition coefficient (Wildman–Crippen LogP) is 5.08. The normalized spacial score (nSPS) is 27.6. The van der Waals surface area contributed by atoms with Crippen molar-refractivity contribution in [3.8, 4) is 0 Å². The molecule has 8 heteroatoms. The molecule has 1 amide bonds. The first-order chi connectivity index (χ1) is 14.5. The van der Waals surface area contributed by atoms with E-state index < -0.39 is 12.1 Å². The average Bonchev–Trinajstić information content (AvgIpc) is 3.11. The molecular formula is C23H31F3N4O. The van der Waals surface area contributed by atoms with E-state index in [0.29, 0.717) is 19.4 Å². The number of nitrogens with zero attached hydrogens (tertiary/aromatic N) is 4. The zero-order chi connectivity index (χ0) is 22.6. The molecule has 3 heterocycles. The maximum atomic E-state index is 13.1. The Bertz CT molecular complexity index is 991. The van der Waals surface area contributed by atoms with Gasteiger partial charge in [0.05, 0.1) is 17.3 Å². The molecule has 5 nitrogen and oxygen atoms in total. The van der Waals surface area contributed by atoms with Gasteiger partial charge in [-0.2, -0.15) is 18.3 Å². The van der Waals surface area contributed by atoms with Crippen LogP contribution in [0.1, 0.15) is 80.9 Å². The molecule has 2 aliphatic rings. The molecule has 1 aliphatic heterocycles. The topological polar surface area (TPSA) is 50.5 Å². The van der Waals surface area contributed by atoms with Crippen molar-refractivity contribution in [3.05, 3.63) is 28.7 Å². The number of piperidine rings is 1. The highest BCUT2D eigenvalue weighted by Gasteiger charge is 2.42. The minimum atomic E-state index is -4.11. The molecule has 0 unspecified atom stereocenters. The third-order valence-electron chi connectivity index (χ3n) is 7.42. The van der Waals surface area contributed by atoms with Gasteiger partial charge in [-0.1, -0.05) is 6.92 Å². The zero-order valence-electron chi connectivity index (χ0n) is 18.7. The first-order valence-corrected chi connectivity index (χ1v) is 11.2. The SMILES string of the molecule is CC(=O)N1CCC[C@@](C)(c2c(C)c(C)nc3cc([C@H]4CC[C@H](C(F)(F)F)CC4)nn23)C1. The van der Waals surface area contributed by atoms with Gasteiger partial charge < -0.3 is 4.90 Å². The molecule has 0 N–H and O–H groups in total. The summed E-state index contributed by atoms with van der Waals surface area (Å²) in [5, 5.41) is 4.89. The van der Waals surface area contributed by atoms with Gasteiger partial charge in [-0.3, -0.25) is 4.79 Å². The van der Waals surface area contributed by atoms with Crippen LogP contribution in [0.25, 0.3) is 5.65 Å². The molecule has 4 rings (SSSR count). The predicted molar refractivity (Wildman–Crippen MR) is 112 cm³/mol. The summed E-state index contributed by atoms with van der Waals surface area (Å²) in [4.78, 5) is 18.7. The summed E-state index contributed by atoms with van der Waals surface area (Å²) in [6.45, 7) is 9.21. The highest BCUT2D eigenvalue weighted by Crippen LogP contribution is 2.43. The van der Waals surface area contributed by atoms with E-state index >= 15 is 0 Å². The van der Waals surface area contributed by atoms with Crippen molar-refractivity contribution < 1.29 is 18.0 Å². The lowest BCUT2D eigenvalue weighted by Gasteiger charge is -2.41. The lowest BCUT2D eigenvalue weighted by Crippen LogP contribution is -2.47. The summed E-state index contributed by atoms with van der Waals surface area (Å²) < 4.78 is 41.1. The van der Waals surface area contributed by atoms with Gasteiger partial charge >= 0.3 is 6.18 Å². The molecule has 2 aromatic heterocycles. The number of halogens is 3. The van der Waals surface area contributed by atoms with E-state index in [1.54, 1.807) is 6.92 Å². The minimum Gasteiger partial charge on any atom is -0.342 e. The zero-order valence-corrected chi connectivity index (χ0v) is 18.7. The number of alkyl halides is 3. The molecule has 0 radical (unpaired) electrons. The van der Waals surface area contributed by atoms with Crippen LogP contribution in [-0.4, -0.2) is 44.7 Å². The fourth-order valence-electron chi connectivity index (χ4n) is 5.54. The van der Waals surface area contributed by atoms with Crippen LogP contribution in [0.2, 0.25) is 0 Å². The first-order valence-electron chi connectivity index (χ1n) is 11.2. The molecule has 2 aromatic rings. The van der Waals surface area contributed by atoms with Crippen molar-refractivity contribution in [2.75, 3.05) is 13.1 Å². The summed E-state index contributed by atoms with van der Waals surface area (Å²) in [5.41, 5.74) is 4.38. The summed E-state index contributed by atoms with van der Waals surface area (Å²) >= 11 is 0. The Hall–Kier alpha value is -2.12. The number of rotatable bonds is 2. The molecule has 1 saturated heterocycles. The van der Waals surface area contributed by atoms with Gasteiger partial charge in [-0.25, -0.2) is 9.50 Å². The first kappa shape index (κ1) is 22.1. The van der Waals surface area contributed by atoms with Crippen LogP contribution in [-0.2, 0) is 10.2 Å². The molecule has 0 bridgehead atoms. The molecule has 1 saturated carbocycles. The number of amides is 1. The number of fused-ring (bicyclic) bond motifs is 1. The van der Waals surface area contributed by atoms with Gasteiger partial charge in [0.2, 0.25) is 5.91 Å². The summed E-state index contributed by atoms with van der Waals surface area (Å²) in [7, 11) is 0. The molecule has 2 fully saturated rings. The lowest BCUT2D eigenvalue weighted by atomic mass is 9.77. The largest absolute Gasteiger partial charge is 0.391 e. The van der Waals surface area contributed by atoms with Crippen LogP contribution in [0.15, 0.2) is 6.07 Å². The fourth-order valence-corrected chi connectivity index (χ4v) is 5.54. The van der Waals surface area contributed by atoms with Gasteiger partial charge in [0, 0.05) is 43.1 Å². The Morgan fingerprint density at radius 3 is 2.48 bits per heavy atom. The van der Waals surface area contributed by atoms with Crippen LogP contribution in [0, 0.1) is 19.8 Å². The Labute approximate surface area is 181 Å². The molecule has 0 aromatic carbocycles. The maximum Gasteiger partial charge on any atom is 0.391 e. The standard InChI is InChI=1S/C23H31F3N4O/c1-14-15(2)27-20-12-19(17-6-8-18(9-7-17)23(24,25)26)28-30(20)21(14)22(4)10-5-11-29(13-22)16(3)31/h12,17-18H,5-11,13H2,1-4H3/t17-,18-,22-/m1/s1. The van der Waals surface area contributed by atoms with E-state index in [2.05, 4.69) is 6.92 Å². The molecule has 170 valence electrons. The molecule has 31 heavy (non-hydrogen) atoms. The fraction of sp³-hybridized carbons (Fsp3) is 0.696. The Morgan fingerprint density at radius 1 is 1.19 bits per heavy atom. The van der Waals surface area contributed by atoms with Crippen molar-refractivity contribution >= 4 is 11.6 Å². The van der Waals surface area contributed by atoms with E-state index in [1.807, 2.05) is 29.3 Å². The van der Waals surface area contributed by atoms with Crippen LogP contribution < -0.4 is 0 Å². The van der Waals surface area contributed by atoms with Crippen LogP contribution in [0.3, 0.4) is 0 Å². The van der Waals surface area contributed by atoms with Crippen molar-refractivity contribution in [2.24, 2.45) is 5.92 Å². The van der Waals surface area contributed by atoms with Gasteiger partial charge in [0.25, 0.3) is 0 Å². The molecule has 1 atom stereocenters. The van der Waals surface area contributed by atoms with Crippen LogP contribution in [0.5, 0.6) is 0 Å². The lowest BCUT2D eigenvalue weighted by molar-refractivity contribution is -0.182. The number of hydrogen-bond acceptors (Lipinski definition) is 3. The smallest absolute Gasteiger partial charge is 0.342 e.